The van der Waals surface area contributed by atoms with Crippen molar-refractivity contribution in [2.24, 2.45) is 11.5 Å². The third kappa shape index (κ3) is 5.61. The van der Waals surface area contributed by atoms with Gasteiger partial charge in [-0.3, -0.25) is 19.2 Å². The molecular weight excluding hydrogens is 668 g/mol. The molecule has 238 valence electrons. The first kappa shape index (κ1) is 31.9. The van der Waals surface area contributed by atoms with Crippen LogP contribution < -0.4 is 22.1 Å². The number of sulfone groups is 1. The minimum Gasteiger partial charge on any atom is -0.365 e. The number of fused-ring (bicyclic) bond motifs is 6. The number of thiophene rings is 2. The molecule has 2 atom stereocenters. The highest BCUT2D eigenvalue weighted by Gasteiger charge is 2.36. The molecule has 10 nitrogen and oxygen atoms in total. The first-order valence-electron chi connectivity index (χ1n) is 14.3. The smallest absolute Gasteiger partial charge is 0.252 e. The van der Waals surface area contributed by atoms with Crippen LogP contribution in [0.3, 0.4) is 0 Å². The summed E-state index contributed by atoms with van der Waals surface area (Å²) < 4.78 is 24.7. The summed E-state index contributed by atoms with van der Waals surface area (Å²) >= 11 is 8.65. The number of rotatable bonds is 7. The molecule has 2 heterocycles. The fourth-order valence-corrected chi connectivity index (χ4v) is 9.95. The van der Waals surface area contributed by atoms with E-state index in [1.165, 1.54) is 24.3 Å². The highest BCUT2D eigenvalue weighted by Crippen LogP contribution is 2.52. The lowest BCUT2D eigenvalue weighted by atomic mass is 9.79. The first-order valence-corrected chi connectivity index (χ1v) is 18.2. The minimum atomic E-state index is -3.55. The standard InChI is InChI=1S/C32H29ClN4O6S3/c1-13-8-22-25(29(34)40)31(44-27(22)19-7-5-17(33)11-20(13)19)37-23(39)10-16-9-15-4-6-18(46(3,42)43)12-21(15)28-24(16)26(30(35)41)32(45-28)36-14(2)38/h4-7,11-13,16H,8-10H2,1-3H3,(H2,34,40)(H2,35,41)(H,36,38)(H,37,39). The van der Waals surface area contributed by atoms with Gasteiger partial charge >= 0.3 is 0 Å². The minimum absolute atomic E-state index is 0.0741. The van der Waals surface area contributed by atoms with Crippen LogP contribution in [0, 0.1) is 0 Å². The Balaban J connectivity index is 1.40. The predicted octanol–water partition coefficient (Wildman–Crippen LogP) is 5.68. The molecule has 2 aliphatic rings. The van der Waals surface area contributed by atoms with E-state index in [0.717, 1.165) is 44.7 Å². The van der Waals surface area contributed by atoms with Crippen molar-refractivity contribution in [3.63, 3.8) is 0 Å². The summed E-state index contributed by atoms with van der Waals surface area (Å²) in [5, 5.41) is 6.76. The Morgan fingerprint density at radius 3 is 2.24 bits per heavy atom. The van der Waals surface area contributed by atoms with Gasteiger partial charge in [-0.1, -0.05) is 30.7 Å². The summed E-state index contributed by atoms with van der Waals surface area (Å²) in [5.41, 5.74) is 16.6. The van der Waals surface area contributed by atoms with Crippen molar-refractivity contribution >= 4 is 77.7 Å². The Bertz CT molecular complexity index is 2120. The summed E-state index contributed by atoms with van der Waals surface area (Å²) in [6, 6.07) is 10.4. The maximum atomic E-state index is 13.8. The molecule has 46 heavy (non-hydrogen) atoms. The third-order valence-electron chi connectivity index (χ3n) is 8.35. The summed E-state index contributed by atoms with van der Waals surface area (Å²) in [6.07, 6.45) is 1.86. The predicted molar refractivity (Wildman–Crippen MR) is 181 cm³/mol. The van der Waals surface area contributed by atoms with Crippen molar-refractivity contribution < 1.29 is 27.6 Å². The highest BCUT2D eigenvalue weighted by atomic mass is 35.5. The molecule has 0 fully saturated rings. The second-order valence-electron chi connectivity index (χ2n) is 11.7. The van der Waals surface area contributed by atoms with Crippen molar-refractivity contribution in [1.82, 2.24) is 0 Å². The Kier molecular flexibility index (Phi) is 8.08. The largest absolute Gasteiger partial charge is 0.365 e. The van der Waals surface area contributed by atoms with E-state index in [9.17, 15) is 27.6 Å². The van der Waals surface area contributed by atoms with Gasteiger partial charge < -0.3 is 22.1 Å². The van der Waals surface area contributed by atoms with Gasteiger partial charge in [-0.2, -0.15) is 0 Å². The van der Waals surface area contributed by atoms with E-state index in [-0.39, 0.29) is 33.4 Å². The number of nitrogens with one attached hydrogen (secondary N) is 2. The summed E-state index contributed by atoms with van der Waals surface area (Å²) in [4.78, 5) is 52.8. The molecule has 2 aromatic carbocycles. The van der Waals surface area contributed by atoms with Gasteiger partial charge in [-0.25, -0.2) is 8.42 Å². The van der Waals surface area contributed by atoms with Crippen LogP contribution in [0.4, 0.5) is 10.0 Å². The summed E-state index contributed by atoms with van der Waals surface area (Å²) in [6.45, 7) is 3.34. The second-order valence-corrected chi connectivity index (χ2v) is 16.1. The fourth-order valence-electron chi connectivity index (χ4n) is 6.44. The molecule has 6 N–H and O–H groups in total. The lowest BCUT2D eigenvalue weighted by Gasteiger charge is -2.26. The molecular formula is C32H29ClN4O6S3. The normalized spacial score (nSPS) is 16.4. The number of amides is 4. The van der Waals surface area contributed by atoms with E-state index >= 15 is 0 Å². The van der Waals surface area contributed by atoms with Gasteiger partial charge in [-0.15, -0.1) is 22.7 Å². The number of anilines is 2. The van der Waals surface area contributed by atoms with Crippen LogP contribution >= 0.6 is 34.3 Å². The molecule has 6 rings (SSSR count). The molecule has 4 amide bonds. The van der Waals surface area contributed by atoms with Crippen molar-refractivity contribution in [1.29, 1.82) is 0 Å². The molecule has 0 spiro atoms. The number of hydrogen-bond donors (Lipinski definition) is 4. The van der Waals surface area contributed by atoms with Crippen molar-refractivity contribution in [3.8, 4) is 20.9 Å². The van der Waals surface area contributed by atoms with Gasteiger partial charge in [0.15, 0.2) is 9.84 Å². The van der Waals surface area contributed by atoms with Crippen molar-refractivity contribution in [2.45, 2.75) is 49.8 Å². The molecule has 14 heteroatoms. The number of carbonyl (C=O) groups excluding carboxylic acids is 4. The molecule has 0 radical (unpaired) electrons. The summed E-state index contributed by atoms with van der Waals surface area (Å²) in [5.74, 6) is -2.75. The maximum Gasteiger partial charge on any atom is 0.252 e. The second kappa shape index (κ2) is 11.6. The zero-order valence-corrected chi connectivity index (χ0v) is 28.2. The Hall–Kier alpha value is -4.04. The van der Waals surface area contributed by atoms with Crippen LogP contribution in [-0.2, 0) is 32.3 Å². The van der Waals surface area contributed by atoms with E-state index < -0.39 is 39.4 Å². The molecule has 2 aliphatic carbocycles. The van der Waals surface area contributed by atoms with Gasteiger partial charge in [0.2, 0.25) is 11.8 Å². The van der Waals surface area contributed by atoms with Crippen LogP contribution in [0.2, 0.25) is 5.02 Å². The summed E-state index contributed by atoms with van der Waals surface area (Å²) in [7, 11) is -3.55. The Morgan fingerprint density at radius 2 is 1.59 bits per heavy atom. The van der Waals surface area contributed by atoms with Gasteiger partial charge in [0.05, 0.1) is 16.0 Å². The van der Waals surface area contributed by atoms with E-state index in [2.05, 4.69) is 10.6 Å². The number of nitrogens with two attached hydrogens (primary N) is 2. The lowest BCUT2D eigenvalue weighted by molar-refractivity contribution is -0.116. The molecule has 4 aromatic rings. The average Bonchev–Trinajstić information content (AvgIpc) is 3.50. The van der Waals surface area contributed by atoms with E-state index in [4.69, 9.17) is 23.1 Å². The van der Waals surface area contributed by atoms with Crippen LogP contribution in [0.5, 0.6) is 0 Å². The number of carbonyl (C=O) groups is 4. The Labute approximate surface area is 278 Å². The van der Waals surface area contributed by atoms with Crippen LogP contribution in [0.1, 0.15) is 75.1 Å². The number of halogens is 1. The van der Waals surface area contributed by atoms with Crippen molar-refractivity contribution in [3.05, 3.63) is 74.8 Å². The quantitative estimate of drug-likeness (QED) is 0.193. The van der Waals surface area contributed by atoms with E-state index in [1.807, 2.05) is 19.1 Å². The third-order valence-corrected chi connectivity index (χ3v) is 12.0. The van der Waals surface area contributed by atoms with Crippen LogP contribution in [0.25, 0.3) is 20.9 Å². The molecule has 0 saturated heterocycles. The number of benzene rings is 2. The molecule has 2 unspecified atom stereocenters. The average molecular weight is 697 g/mol. The molecule has 0 bridgehead atoms. The van der Waals surface area contributed by atoms with E-state index in [1.54, 1.807) is 18.2 Å². The first-order chi connectivity index (χ1) is 21.6. The van der Waals surface area contributed by atoms with Crippen LogP contribution in [0.15, 0.2) is 41.3 Å². The topological polar surface area (TPSA) is 179 Å². The number of primary amides is 2. The lowest BCUT2D eigenvalue weighted by Crippen LogP contribution is -2.24. The molecule has 2 aromatic heterocycles. The maximum absolute atomic E-state index is 13.8. The molecule has 0 aliphatic heterocycles. The number of hydrogen-bond acceptors (Lipinski definition) is 8. The highest BCUT2D eigenvalue weighted by molar-refractivity contribution is 7.90. The van der Waals surface area contributed by atoms with Crippen molar-refractivity contribution in [2.75, 3.05) is 16.9 Å². The fraction of sp³-hybridized carbons (Fsp3) is 0.250. The zero-order chi connectivity index (χ0) is 33.2. The van der Waals surface area contributed by atoms with Gasteiger partial charge in [0.1, 0.15) is 10.0 Å². The van der Waals surface area contributed by atoms with Gasteiger partial charge in [0.25, 0.3) is 11.8 Å². The van der Waals surface area contributed by atoms with Gasteiger partial charge in [-0.05, 0) is 82.3 Å². The van der Waals surface area contributed by atoms with Gasteiger partial charge in [0, 0.05) is 34.4 Å². The zero-order valence-electron chi connectivity index (χ0n) is 24.9. The monoisotopic (exact) mass is 696 g/mol. The van der Waals surface area contributed by atoms with E-state index in [0.29, 0.717) is 38.9 Å². The SMILES string of the molecule is CC(=O)Nc1sc2c(c1C(N)=O)C(CC(=O)Nc1sc3c(c1C(N)=O)CC(C)c1cc(Cl)ccc1-3)Cc1ccc(S(C)(=O)=O)cc1-2. The van der Waals surface area contributed by atoms with Crippen LogP contribution in [-0.4, -0.2) is 38.3 Å². The Morgan fingerprint density at radius 1 is 0.913 bits per heavy atom. The molecule has 0 saturated carbocycles.